The van der Waals surface area contributed by atoms with Gasteiger partial charge in [-0.15, -0.1) is 0 Å². The quantitative estimate of drug-likeness (QED) is 0.553. The van der Waals surface area contributed by atoms with E-state index in [1.54, 1.807) is 7.11 Å². The van der Waals surface area contributed by atoms with E-state index in [9.17, 15) is 4.79 Å². The zero-order valence-corrected chi connectivity index (χ0v) is 21.9. The van der Waals surface area contributed by atoms with Gasteiger partial charge in [-0.2, -0.15) is 0 Å². The number of nitrogens with one attached hydrogen (secondary N) is 2. The Hall–Kier alpha value is -3.45. The van der Waals surface area contributed by atoms with Crippen LogP contribution >= 0.6 is 0 Å². The van der Waals surface area contributed by atoms with Crippen molar-refractivity contribution in [2.24, 2.45) is 0 Å². The Morgan fingerprint density at radius 2 is 1.70 bits per heavy atom. The van der Waals surface area contributed by atoms with Crippen LogP contribution in [-0.4, -0.2) is 53.2 Å². The molecule has 2 aromatic rings. The van der Waals surface area contributed by atoms with E-state index in [4.69, 9.17) is 9.47 Å². The molecular weight excluding hydrogens is 464 g/mol. The maximum absolute atomic E-state index is 14.3. The molecule has 0 bridgehead atoms. The first kappa shape index (κ1) is 23.9. The van der Waals surface area contributed by atoms with Crippen LogP contribution in [0.15, 0.2) is 78.1 Å². The molecule has 2 aromatic carbocycles. The van der Waals surface area contributed by atoms with Crippen LogP contribution < -0.4 is 20.2 Å². The van der Waals surface area contributed by atoms with Crippen molar-refractivity contribution in [2.75, 3.05) is 20.2 Å². The van der Waals surface area contributed by atoms with E-state index in [1.807, 2.05) is 30.3 Å². The first-order valence-corrected chi connectivity index (χ1v) is 13.4. The second-order valence-corrected chi connectivity index (χ2v) is 10.6. The van der Waals surface area contributed by atoms with Crippen molar-refractivity contribution in [1.29, 1.82) is 0 Å². The molecule has 194 valence electrons. The van der Waals surface area contributed by atoms with Crippen LogP contribution in [0.3, 0.4) is 0 Å². The van der Waals surface area contributed by atoms with E-state index in [0.29, 0.717) is 13.1 Å². The Morgan fingerprint density at radius 3 is 2.35 bits per heavy atom. The number of hydrogen-bond donors (Lipinski definition) is 2. The number of nitrogens with zero attached hydrogens (tertiary/aromatic N) is 2. The number of hydrogen-bond acceptors (Lipinski definition) is 6. The Kier molecular flexibility index (Phi) is 5.91. The highest BCUT2D eigenvalue weighted by molar-refractivity contribution is 5.96. The summed E-state index contributed by atoms with van der Waals surface area (Å²) in [5.74, 6) is 2.62. The molecule has 4 aliphatic rings. The lowest BCUT2D eigenvalue weighted by Gasteiger charge is -2.42. The Labute approximate surface area is 219 Å². The number of likely N-dealkylation sites (tertiary alicyclic amines) is 1. The predicted molar refractivity (Wildman–Crippen MR) is 143 cm³/mol. The van der Waals surface area contributed by atoms with Crippen molar-refractivity contribution in [3.05, 3.63) is 83.7 Å². The van der Waals surface area contributed by atoms with E-state index in [-0.39, 0.29) is 29.1 Å². The van der Waals surface area contributed by atoms with Crippen molar-refractivity contribution >= 4 is 5.91 Å². The average Bonchev–Trinajstić information content (AvgIpc) is 3.40. The monoisotopic (exact) mass is 500 g/mol. The second-order valence-electron chi connectivity index (χ2n) is 10.6. The lowest BCUT2D eigenvalue weighted by atomic mass is 9.88. The number of carbonyl (C=O) groups is 1. The molecule has 3 aliphatic heterocycles. The minimum Gasteiger partial charge on any atom is -0.497 e. The summed E-state index contributed by atoms with van der Waals surface area (Å²) >= 11 is 0. The summed E-state index contributed by atoms with van der Waals surface area (Å²) in [4.78, 5) is 16.4. The normalized spacial score (nSPS) is 24.7. The van der Waals surface area contributed by atoms with Gasteiger partial charge in [-0.25, -0.2) is 5.43 Å². The van der Waals surface area contributed by atoms with Gasteiger partial charge in [0.2, 0.25) is 0 Å². The van der Waals surface area contributed by atoms with E-state index in [0.717, 1.165) is 48.6 Å². The molecule has 7 heteroatoms. The van der Waals surface area contributed by atoms with Gasteiger partial charge in [-0.1, -0.05) is 56.3 Å². The smallest absolute Gasteiger partial charge is 0.255 e. The van der Waals surface area contributed by atoms with Crippen LogP contribution in [0.25, 0.3) is 0 Å². The highest BCUT2D eigenvalue weighted by atomic mass is 16.5. The van der Waals surface area contributed by atoms with Gasteiger partial charge < -0.3 is 19.7 Å². The molecule has 0 aromatic heterocycles. The molecule has 0 saturated carbocycles. The summed E-state index contributed by atoms with van der Waals surface area (Å²) in [6.07, 6.45) is 7.96. The highest BCUT2D eigenvalue weighted by Gasteiger charge is 2.53. The van der Waals surface area contributed by atoms with Crippen LogP contribution in [0.1, 0.15) is 51.1 Å². The van der Waals surface area contributed by atoms with Gasteiger partial charge in [0.05, 0.1) is 30.8 Å². The van der Waals surface area contributed by atoms with Crippen molar-refractivity contribution in [3.63, 3.8) is 0 Å². The molecule has 3 heterocycles. The minimum atomic E-state index is -0.224. The number of hydrazine groups is 1. The lowest BCUT2D eigenvalue weighted by molar-refractivity contribution is -0.131. The third-order valence-corrected chi connectivity index (χ3v) is 8.68. The summed E-state index contributed by atoms with van der Waals surface area (Å²) in [7, 11) is 1.66. The molecule has 6 rings (SSSR count). The Balaban J connectivity index is 1.27. The predicted octanol–water partition coefficient (Wildman–Crippen LogP) is 4.31. The van der Waals surface area contributed by atoms with E-state index in [2.05, 4.69) is 70.9 Å². The molecule has 1 amide bonds. The zero-order chi connectivity index (χ0) is 25.6. The van der Waals surface area contributed by atoms with Crippen LogP contribution in [0.2, 0.25) is 0 Å². The van der Waals surface area contributed by atoms with Gasteiger partial charge >= 0.3 is 0 Å². The third-order valence-electron chi connectivity index (χ3n) is 8.68. The summed E-state index contributed by atoms with van der Waals surface area (Å²) < 4.78 is 11.7. The molecule has 0 radical (unpaired) electrons. The second kappa shape index (κ2) is 9.14. The van der Waals surface area contributed by atoms with E-state index < -0.39 is 0 Å². The summed E-state index contributed by atoms with van der Waals surface area (Å²) in [5, 5.41) is 5.89. The summed E-state index contributed by atoms with van der Waals surface area (Å²) in [5.41, 5.74) is 5.20. The fourth-order valence-corrected chi connectivity index (χ4v) is 6.35. The fourth-order valence-electron chi connectivity index (χ4n) is 6.35. The van der Waals surface area contributed by atoms with Crippen LogP contribution in [0, 0.1) is 0 Å². The van der Waals surface area contributed by atoms with Gasteiger partial charge in [-0.3, -0.25) is 9.80 Å². The molecule has 2 N–H and O–H groups in total. The maximum atomic E-state index is 14.3. The summed E-state index contributed by atoms with van der Waals surface area (Å²) in [6.45, 7) is 5.47. The van der Waals surface area contributed by atoms with Gasteiger partial charge in [0.1, 0.15) is 23.4 Å². The molecule has 37 heavy (non-hydrogen) atoms. The standard InChI is InChI=1S/C30H36N4O3/c1-4-29(5-2)17-24(37-23-13-11-22(36-3)12-14-23)20-33(29)28(35)25-19-31-34-27(25)32-26(18-30(34)15-16-30)21-9-7-6-8-10-21/h6-16,24,26,31-32H,4-5,17-20H2,1-3H3. The lowest BCUT2D eigenvalue weighted by Crippen LogP contribution is -2.53. The third kappa shape index (κ3) is 4.06. The SMILES string of the molecule is CCC1(CC)CC(Oc2ccc(OC)cc2)CN1C(=O)C1=C2NC(c3ccccc3)CC3(C=C3)N2NC1. The molecule has 2 fully saturated rings. The number of methoxy groups -OCH3 is 1. The molecular formula is C30H36N4O3. The van der Waals surface area contributed by atoms with Crippen LogP contribution in [-0.2, 0) is 4.79 Å². The number of ether oxygens (including phenoxy) is 2. The van der Waals surface area contributed by atoms with Crippen molar-refractivity contribution < 1.29 is 14.3 Å². The first-order chi connectivity index (χ1) is 18.0. The first-order valence-electron chi connectivity index (χ1n) is 13.4. The number of benzene rings is 2. The van der Waals surface area contributed by atoms with E-state index in [1.165, 1.54) is 5.56 Å². The van der Waals surface area contributed by atoms with E-state index >= 15 is 0 Å². The number of fused-ring (bicyclic) bond motifs is 2. The minimum absolute atomic E-state index is 0.0545. The van der Waals surface area contributed by atoms with Gasteiger partial charge in [0.15, 0.2) is 0 Å². The largest absolute Gasteiger partial charge is 0.497 e. The molecule has 1 aliphatic carbocycles. The van der Waals surface area contributed by atoms with Crippen LogP contribution in [0.5, 0.6) is 11.5 Å². The topological polar surface area (TPSA) is 66.1 Å². The Bertz CT molecular complexity index is 1210. The fraction of sp³-hybridized carbons (Fsp3) is 0.433. The molecule has 7 nitrogen and oxygen atoms in total. The summed E-state index contributed by atoms with van der Waals surface area (Å²) in [6, 6.07) is 18.4. The highest BCUT2D eigenvalue weighted by Crippen LogP contribution is 2.47. The number of amides is 1. The molecule has 2 unspecified atom stereocenters. The molecule has 1 spiro atoms. The molecule has 2 saturated heterocycles. The van der Waals surface area contributed by atoms with Gasteiger partial charge in [-0.05, 0) is 42.7 Å². The maximum Gasteiger partial charge on any atom is 0.255 e. The zero-order valence-electron chi connectivity index (χ0n) is 21.9. The number of rotatable bonds is 7. The van der Waals surface area contributed by atoms with Gasteiger partial charge in [0.25, 0.3) is 5.91 Å². The van der Waals surface area contributed by atoms with Crippen molar-refractivity contribution in [1.82, 2.24) is 20.7 Å². The van der Waals surface area contributed by atoms with Gasteiger partial charge in [0, 0.05) is 24.9 Å². The van der Waals surface area contributed by atoms with Crippen molar-refractivity contribution in [3.8, 4) is 11.5 Å². The van der Waals surface area contributed by atoms with Crippen molar-refractivity contribution in [2.45, 2.75) is 62.8 Å². The Morgan fingerprint density at radius 1 is 1.00 bits per heavy atom. The number of carbonyl (C=O) groups excluding carboxylic acids is 1. The average molecular weight is 501 g/mol. The molecule has 2 atom stereocenters. The van der Waals surface area contributed by atoms with Crippen LogP contribution in [0.4, 0.5) is 0 Å².